The largest absolute Gasteiger partial charge is 0.399 e. The molecule has 2 aliphatic rings. The van der Waals surface area contributed by atoms with E-state index >= 15 is 0 Å². The van der Waals surface area contributed by atoms with Crippen molar-refractivity contribution in [1.29, 1.82) is 0 Å². The van der Waals surface area contributed by atoms with Crippen LogP contribution in [-0.2, 0) is 0 Å². The van der Waals surface area contributed by atoms with Crippen molar-refractivity contribution in [2.45, 2.75) is 18.9 Å². The third kappa shape index (κ3) is 1.76. The molecule has 2 saturated heterocycles. The van der Waals surface area contributed by atoms with Crippen molar-refractivity contribution in [3.63, 3.8) is 0 Å². The molecule has 0 aromatic heterocycles. The summed E-state index contributed by atoms with van der Waals surface area (Å²) in [5.74, 6) is 0. The van der Waals surface area contributed by atoms with Crippen LogP contribution in [0.4, 0.5) is 11.4 Å². The number of piperazine rings is 1. The van der Waals surface area contributed by atoms with Gasteiger partial charge in [0.1, 0.15) is 0 Å². The first kappa shape index (κ1) is 9.97. The van der Waals surface area contributed by atoms with Crippen molar-refractivity contribution in [3.05, 3.63) is 24.3 Å². The van der Waals surface area contributed by atoms with Crippen molar-refractivity contribution in [1.82, 2.24) is 4.90 Å². The Bertz CT molecular complexity index is 360. The number of anilines is 2. The monoisotopic (exact) mass is 217 g/mol. The zero-order chi connectivity index (χ0) is 11.0. The number of hydrogen-bond donors (Lipinski definition) is 1. The maximum Gasteiger partial charge on any atom is 0.0368 e. The second-order valence-corrected chi connectivity index (χ2v) is 4.87. The van der Waals surface area contributed by atoms with Gasteiger partial charge in [0, 0.05) is 37.1 Å². The summed E-state index contributed by atoms with van der Waals surface area (Å²) < 4.78 is 0. The number of hydrogen-bond acceptors (Lipinski definition) is 3. The summed E-state index contributed by atoms with van der Waals surface area (Å²) in [7, 11) is 0. The van der Waals surface area contributed by atoms with Crippen LogP contribution >= 0.6 is 0 Å². The minimum absolute atomic E-state index is 0.784. The zero-order valence-corrected chi connectivity index (χ0v) is 9.60. The maximum absolute atomic E-state index is 5.71. The van der Waals surface area contributed by atoms with Gasteiger partial charge in [0.15, 0.2) is 0 Å². The van der Waals surface area contributed by atoms with Gasteiger partial charge in [0.25, 0.3) is 0 Å². The van der Waals surface area contributed by atoms with Gasteiger partial charge in [0.2, 0.25) is 0 Å². The van der Waals surface area contributed by atoms with Crippen LogP contribution in [0.5, 0.6) is 0 Å². The second kappa shape index (κ2) is 3.98. The van der Waals surface area contributed by atoms with E-state index in [1.807, 2.05) is 12.1 Å². The lowest BCUT2D eigenvalue weighted by Crippen LogP contribution is -2.50. The first-order chi connectivity index (χ1) is 7.83. The van der Waals surface area contributed by atoms with Crippen molar-refractivity contribution in [3.8, 4) is 0 Å². The fourth-order valence-corrected chi connectivity index (χ4v) is 2.91. The van der Waals surface area contributed by atoms with Gasteiger partial charge in [-0.2, -0.15) is 0 Å². The number of benzene rings is 1. The predicted octanol–water partition coefficient (Wildman–Crippen LogP) is 1.55. The molecular weight excluding hydrogens is 198 g/mol. The molecule has 1 aromatic carbocycles. The highest BCUT2D eigenvalue weighted by Crippen LogP contribution is 2.25. The topological polar surface area (TPSA) is 32.5 Å². The van der Waals surface area contributed by atoms with E-state index in [2.05, 4.69) is 21.9 Å². The van der Waals surface area contributed by atoms with Crippen LogP contribution in [0, 0.1) is 0 Å². The smallest absolute Gasteiger partial charge is 0.0368 e. The number of rotatable bonds is 1. The molecule has 2 fully saturated rings. The standard InChI is InChI=1S/C13H19N3/c14-11-3-5-12(6-4-11)16-9-8-15-7-1-2-13(15)10-16/h3-6,13H,1-2,7-10,14H2/t13-/m1/s1. The highest BCUT2D eigenvalue weighted by molar-refractivity contribution is 5.53. The van der Waals surface area contributed by atoms with Crippen molar-refractivity contribution < 1.29 is 0 Å². The van der Waals surface area contributed by atoms with Crippen LogP contribution < -0.4 is 10.6 Å². The molecule has 2 heterocycles. The highest BCUT2D eigenvalue weighted by Gasteiger charge is 2.30. The third-order valence-electron chi connectivity index (χ3n) is 3.85. The lowest BCUT2D eigenvalue weighted by Gasteiger charge is -2.38. The zero-order valence-electron chi connectivity index (χ0n) is 9.60. The van der Waals surface area contributed by atoms with Gasteiger partial charge in [-0.05, 0) is 43.7 Å². The molecule has 0 unspecified atom stereocenters. The average molecular weight is 217 g/mol. The second-order valence-electron chi connectivity index (χ2n) is 4.87. The Morgan fingerprint density at radius 1 is 1.06 bits per heavy atom. The molecule has 1 atom stereocenters. The van der Waals surface area contributed by atoms with Crippen molar-refractivity contribution in [2.75, 3.05) is 36.8 Å². The minimum Gasteiger partial charge on any atom is -0.399 e. The molecule has 16 heavy (non-hydrogen) atoms. The molecule has 2 aliphatic heterocycles. The molecular formula is C13H19N3. The van der Waals surface area contributed by atoms with Crippen molar-refractivity contribution >= 4 is 11.4 Å². The van der Waals surface area contributed by atoms with E-state index in [1.54, 1.807) is 0 Å². The normalized spacial score (nSPS) is 25.8. The Morgan fingerprint density at radius 2 is 1.88 bits per heavy atom. The van der Waals surface area contributed by atoms with E-state index in [4.69, 9.17) is 5.73 Å². The summed E-state index contributed by atoms with van der Waals surface area (Å²) in [4.78, 5) is 5.12. The molecule has 2 N–H and O–H groups in total. The van der Waals surface area contributed by atoms with E-state index in [0.29, 0.717) is 0 Å². The Hall–Kier alpha value is -1.22. The van der Waals surface area contributed by atoms with Gasteiger partial charge in [-0.15, -0.1) is 0 Å². The predicted molar refractivity (Wildman–Crippen MR) is 67.7 cm³/mol. The number of nitrogen functional groups attached to an aromatic ring is 1. The molecule has 0 aliphatic carbocycles. The summed E-state index contributed by atoms with van der Waals surface area (Å²) in [6, 6.07) is 9.05. The van der Waals surface area contributed by atoms with Crippen LogP contribution in [-0.4, -0.2) is 37.1 Å². The Balaban J connectivity index is 1.74. The SMILES string of the molecule is Nc1ccc(N2CCN3CCC[C@@H]3C2)cc1. The van der Waals surface area contributed by atoms with Gasteiger partial charge in [-0.3, -0.25) is 4.90 Å². The molecule has 0 bridgehead atoms. The van der Waals surface area contributed by atoms with Gasteiger partial charge in [0.05, 0.1) is 0 Å². The molecule has 0 spiro atoms. The third-order valence-corrected chi connectivity index (χ3v) is 3.85. The van der Waals surface area contributed by atoms with Crippen LogP contribution in [0.2, 0.25) is 0 Å². The summed E-state index contributed by atoms with van der Waals surface area (Å²) in [5.41, 5.74) is 7.89. The van der Waals surface area contributed by atoms with Crippen LogP contribution in [0.25, 0.3) is 0 Å². The van der Waals surface area contributed by atoms with Gasteiger partial charge in [-0.1, -0.05) is 0 Å². The molecule has 0 amide bonds. The summed E-state index contributed by atoms with van der Waals surface area (Å²) in [6.45, 7) is 4.86. The quantitative estimate of drug-likeness (QED) is 0.724. The molecule has 0 radical (unpaired) electrons. The van der Waals surface area contributed by atoms with E-state index in [1.165, 1.54) is 38.2 Å². The Morgan fingerprint density at radius 3 is 2.69 bits per heavy atom. The van der Waals surface area contributed by atoms with Crippen LogP contribution in [0.3, 0.4) is 0 Å². The fraction of sp³-hybridized carbons (Fsp3) is 0.538. The Labute approximate surface area is 96.8 Å². The molecule has 3 nitrogen and oxygen atoms in total. The highest BCUT2D eigenvalue weighted by atomic mass is 15.3. The van der Waals surface area contributed by atoms with Gasteiger partial charge < -0.3 is 10.6 Å². The van der Waals surface area contributed by atoms with Crippen LogP contribution in [0.1, 0.15) is 12.8 Å². The van der Waals surface area contributed by atoms with E-state index in [0.717, 1.165) is 18.3 Å². The Kier molecular flexibility index (Phi) is 2.48. The maximum atomic E-state index is 5.71. The minimum atomic E-state index is 0.784. The average Bonchev–Trinajstić information content (AvgIpc) is 2.77. The summed E-state index contributed by atoms with van der Waals surface area (Å²) in [6.07, 6.45) is 2.74. The number of nitrogens with two attached hydrogens (primary N) is 1. The number of fused-ring (bicyclic) bond motifs is 1. The van der Waals surface area contributed by atoms with Crippen LogP contribution in [0.15, 0.2) is 24.3 Å². The van der Waals surface area contributed by atoms with E-state index in [-0.39, 0.29) is 0 Å². The lowest BCUT2D eigenvalue weighted by atomic mass is 10.1. The molecule has 3 rings (SSSR count). The van der Waals surface area contributed by atoms with E-state index in [9.17, 15) is 0 Å². The van der Waals surface area contributed by atoms with Gasteiger partial charge in [-0.25, -0.2) is 0 Å². The number of nitrogens with zero attached hydrogens (tertiary/aromatic N) is 2. The molecule has 0 saturated carbocycles. The van der Waals surface area contributed by atoms with Gasteiger partial charge >= 0.3 is 0 Å². The first-order valence-electron chi connectivity index (χ1n) is 6.17. The molecule has 1 aromatic rings. The molecule has 86 valence electrons. The molecule has 3 heteroatoms. The lowest BCUT2D eigenvalue weighted by molar-refractivity contribution is 0.231. The van der Waals surface area contributed by atoms with E-state index < -0.39 is 0 Å². The summed E-state index contributed by atoms with van der Waals surface area (Å²) in [5, 5.41) is 0. The van der Waals surface area contributed by atoms with Crippen molar-refractivity contribution in [2.24, 2.45) is 0 Å². The first-order valence-corrected chi connectivity index (χ1v) is 6.17. The summed E-state index contributed by atoms with van der Waals surface area (Å²) >= 11 is 0. The fourth-order valence-electron chi connectivity index (χ4n) is 2.91.